The summed E-state index contributed by atoms with van der Waals surface area (Å²) < 4.78 is 5.64. The minimum atomic E-state index is -0.392. The zero-order valence-electron chi connectivity index (χ0n) is 11.0. The van der Waals surface area contributed by atoms with Crippen LogP contribution in [0.2, 0.25) is 0 Å². The van der Waals surface area contributed by atoms with Crippen LogP contribution in [0.1, 0.15) is 24.5 Å². The van der Waals surface area contributed by atoms with E-state index in [0.29, 0.717) is 18.3 Å². The molecule has 18 heavy (non-hydrogen) atoms. The van der Waals surface area contributed by atoms with Crippen LogP contribution in [-0.2, 0) is 0 Å². The predicted molar refractivity (Wildman–Crippen MR) is 75.7 cm³/mol. The van der Waals surface area contributed by atoms with E-state index in [1.54, 1.807) is 6.07 Å². The summed E-state index contributed by atoms with van der Waals surface area (Å²) in [5, 5.41) is 11.0. The molecule has 0 spiro atoms. The average molecular weight is 269 g/mol. The molecule has 1 rings (SSSR count). The number of nitrogens with zero attached hydrogens (tertiary/aromatic N) is 1. The standard InChI is InChI=1S/C13H19NO3S/c1-4-11(8-18)7-17-13-10(3)5-9(2)6-12(13)14(15)16/h5-6,11,18H,4,7-8H2,1-3H3. The number of aryl methyl sites for hydroxylation is 2. The molecular weight excluding hydrogens is 250 g/mol. The number of benzene rings is 1. The molecule has 0 amide bonds. The fourth-order valence-electron chi connectivity index (χ4n) is 1.76. The fraction of sp³-hybridized carbons (Fsp3) is 0.538. The Morgan fingerprint density at radius 3 is 2.61 bits per heavy atom. The highest BCUT2D eigenvalue weighted by Gasteiger charge is 2.19. The summed E-state index contributed by atoms with van der Waals surface area (Å²) in [6.07, 6.45) is 0.947. The summed E-state index contributed by atoms with van der Waals surface area (Å²) in [6, 6.07) is 3.44. The lowest BCUT2D eigenvalue weighted by atomic mass is 10.1. The van der Waals surface area contributed by atoms with Crippen LogP contribution in [0.4, 0.5) is 5.69 Å². The predicted octanol–water partition coefficient (Wildman–Crippen LogP) is 3.55. The Kier molecular flexibility index (Phi) is 5.47. The van der Waals surface area contributed by atoms with Crippen LogP contribution in [-0.4, -0.2) is 17.3 Å². The zero-order valence-corrected chi connectivity index (χ0v) is 11.9. The van der Waals surface area contributed by atoms with Crippen LogP contribution >= 0.6 is 12.6 Å². The van der Waals surface area contributed by atoms with Gasteiger partial charge in [-0.1, -0.05) is 13.0 Å². The first-order valence-electron chi connectivity index (χ1n) is 5.98. The highest BCUT2D eigenvalue weighted by atomic mass is 32.1. The van der Waals surface area contributed by atoms with E-state index in [0.717, 1.165) is 23.3 Å². The molecule has 0 aliphatic carbocycles. The molecule has 1 atom stereocenters. The number of hydrogen-bond donors (Lipinski definition) is 1. The minimum absolute atomic E-state index is 0.0431. The largest absolute Gasteiger partial charge is 0.486 e. The van der Waals surface area contributed by atoms with E-state index in [1.165, 1.54) is 0 Å². The van der Waals surface area contributed by atoms with E-state index in [4.69, 9.17) is 4.74 Å². The topological polar surface area (TPSA) is 52.4 Å². The smallest absolute Gasteiger partial charge is 0.311 e. The lowest BCUT2D eigenvalue weighted by Gasteiger charge is -2.15. The number of thiol groups is 1. The molecule has 0 bridgehead atoms. The summed E-state index contributed by atoms with van der Waals surface area (Å²) >= 11 is 4.24. The Morgan fingerprint density at radius 1 is 1.44 bits per heavy atom. The molecule has 0 aliphatic heterocycles. The SMILES string of the molecule is CCC(CS)COc1c(C)cc(C)cc1[N+](=O)[O-]. The van der Waals surface area contributed by atoms with E-state index in [-0.39, 0.29) is 5.69 Å². The van der Waals surface area contributed by atoms with Crippen molar-refractivity contribution in [2.45, 2.75) is 27.2 Å². The lowest BCUT2D eigenvalue weighted by Crippen LogP contribution is -2.14. The van der Waals surface area contributed by atoms with Gasteiger partial charge in [0.15, 0.2) is 5.75 Å². The van der Waals surface area contributed by atoms with Crippen LogP contribution in [0.15, 0.2) is 12.1 Å². The Hall–Kier alpha value is -1.23. The average Bonchev–Trinajstić information content (AvgIpc) is 2.31. The number of ether oxygens (including phenoxy) is 1. The first kappa shape index (κ1) is 14.8. The first-order valence-corrected chi connectivity index (χ1v) is 6.62. The van der Waals surface area contributed by atoms with Crippen molar-refractivity contribution in [3.63, 3.8) is 0 Å². The van der Waals surface area contributed by atoms with Crippen LogP contribution in [0, 0.1) is 29.9 Å². The molecule has 5 heteroatoms. The Morgan fingerprint density at radius 2 is 2.11 bits per heavy atom. The number of rotatable bonds is 6. The number of nitro groups is 1. The maximum atomic E-state index is 11.0. The van der Waals surface area contributed by atoms with E-state index in [2.05, 4.69) is 19.6 Å². The van der Waals surface area contributed by atoms with Crippen LogP contribution < -0.4 is 4.74 Å². The van der Waals surface area contributed by atoms with E-state index < -0.39 is 4.92 Å². The second kappa shape index (κ2) is 6.64. The normalized spacial score (nSPS) is 12.2. The second-order valence-corrected chi connectivity index (χ2v) is 4.82. The summed E-state index contributed by atoms with van der Waals surface area (Å²) in [5.74, 6) is 1.41. The van der Waals surface area contributed by atoms with E-state index >= 15 is 0 Å². The Bertz CT molecular complexity index is 430. The van der Waals surface area contributed by atoms with Crippen molar-refractivity contribution in [3.8, 4) is 5.75 Å². The van der Waals surface area contributed by atoms with Gasteiger partial charge >= 0.3 is 5.69 Å². The van der Waals surface area contributed by atoms with Gasteiger partial charge in [-0.05, 0) is 37.1 Å². The molecule has 0 N–H and O–H groups in total. The minimum Gasteiger partial charge on any atom is -0.486 e. The third-order valence-corrected chi connectivity index (χ3v) is 3.41. The summed E-state index contributed by atoms with van der Waals surface area (Å²) in [6.45, 7) is 6.19. The summed E-state index contributed by atoms with van der Waals surface area (Å²) in [7, 11) is 0. The van der Waals surface area contributed by atoms with Gasteiger partial charge in [0.2, 0.25) is 0 Å². The quantitative estimate of drug-likeness (QED) is 0.488. The number of hydrogen-bond acceptors (Lipinski definition) is 4. The van der Waals surface area contributed by atoms with Gasteiger partial charge in [-0.25, -0.2) is 0 Å². The van der Waals surface area contributed by atoms with Crippen molar-refractivity contribution < 1.29 is 9.66 Å². The lowest BCUT2D eigenvalue weighted by molar-refractivity contribution is -0.386. The van der Waals surface area contributed by atoms with E-state index in [9.17, 15) is 10.1 Å². The molecule has 4 nitrogen and oxygen atoms in total. The third-order valence-electron chi connectivity index (χ3n) is 2.89. The maximum Gasteiger partial charge on any atom is 0.311 e. The Labute approximate surface area is 113 Å². The zero-order chi connectivity index (χ0) is 13.7. The Balaban J connectivity index is 2.96. The molecule has 0 aromatic heterocycles. The molecular formula is C13H19NO3S. The van der Waals surface area contributed by atoms with Crippen molar-refractivity contribution in [2.24, 2.45) is 5.92 Å². The van der Waals surface area contributed by atoms with E-state index in [1.807, 2.05) is 19.9 Å². The van der Waals surface area contributed by atoms with Gasteiger partial charge < -0.3 is 4.74 Å². The fourth-order valence-corrected chi connectivity index (χ4v) is 2.12. The molecule has 0 saturated carbocycles. The molecule has 100 valence electrons. The van der Waals surface area contributed by atoms with Crippen LogP contribution in [0.3, 0.4) is 0 Å². The molecule has 0 fully saturated rings. The molecule has 0 aliphatic rings. The maximum absolute atomic E-state index is 11.0. The second-order valence-electron chi connectivity index (χ2n) is 4.46. The molecule has 1 aromatic rings. The van der Waals surface area contributed by atoms with Crippen molar-refractivity contribution in [1.29, 1.82) is 0 Å². The van der Waals surface area contributed by atoms with Crippen LogP contribution in [0.5, 0.6) is 5.75 Å². The molecule has 0 saturated heterocycles. The van der Waals surface area contributed by atoms with Crippen molar-refractivity contribution >= 4 is 18.3 Å². The van der Waals surface area contributed by atoms with Gasteiger partial charge in [0.25, 0.3) is 0 Å². The highest BCUT2D eigenvalue weighted by molar-refractivity contribution is 7.80. The highest BCUT2D eigenvalue weighted by Crippen LogP contribution is 2.32. The van der Waals surface area contributed by atoms with Crippen molar-refractivity contribution in [2.75, 3.05) is 12.4 Å². The van der Waals surface area contributed by atoms with Crippen LogP contribution in [0.25, 0.3) is 0 Å². The number of nitro benzene ring substituents is 1. The van der Waals surface area contributed by atoms with Crippen molar-refractivity contribution in [3.05, 3.63) is 33.4 Å². The molecule has 0 heterocycles. The van der Waals surface area contributed by atoms with Gasteiger partial charge in [0.1, 0.15) is 0 Å². The van der Waals surface area contributed by atoms with Gasteiger partial charge in [-0.2, -0.15) is 12.6 Å². The van der Waals surface area contributed by atoms with Gasteiger partial charge in [-0.3, -0.25) is 10.1 Å². The molecule has 1 unspecified atom stereocenters. The molecule has 0 radical (unpaired) electrons. The van der Waals surface area contributed by atoms with Gasteiger partial charge in [0, 0.05) is 12.0 Å². The van der Waals surface area contributed by atoms with Crippen molar-refractivity contribution in [1.82, 2.24) is 0 Å². The van der Waals surface area contributed by atoms with Gasteiger partial charge in [0.05, 0.1) is 11.5 Å². The summed E-state index contributed by atoms with van der Waals surface area (Å²) in [5.41, 5.74) is 1.71. The van der Waals surface area contributed by atoms with Gasteiger partial charge in [-0.15, -0.1) is 0 Å². The summed E-state index contributed by atoms with van der Waals surface area (Å²) in [4.78, 5) is 10.6. The molecule has 1 aromatic carbocycles. The first-order chi connectivity index (χ1) is 8.49. The monoisotopic (exact) mass is 269 g/mol. The third kappa shape index (κ3) is 3.63.